The lowest BCUT2D eigenvalue weighted by atomic mass is 10.2. The molecule has 0 unspecified atom stereocenters. The van der Waals surface area contributed by atoms with Gasteiger partial charge in [-0.2, -0.15) is 9.78 Å². The van der Waals surface area contributed by atoms with E-state index in [4.69, 9.17) is 0 Å². The highest BCUT2D eigenvalue weighted by molar-refractivity contribution is 5.77. The van der Waals surface area contributed by atoms with Crippen molar-refractivity contribution in [3.63, 3.8) is 0 Å². The zero-order valence-electron chi connectivity index (χ0n) is 14.5. The maximum Gasteiger partial charge on any atom is 0.184 e. The molecule has 132 valence electrons. The molecule has 0 fully saturated rings. The lowest BCUT2D eigenvalue weighted by Crippen LogP contribution is -1.99. The minimum atomic E-state index is 0.689. The molecule has 27 heavy (non-hydrogen) atoms. The molecule has 2 aromatic carbocycles. The molecular weight excluding hydrogens is 338 g/mol. The Labute approximate surface area is 156 Å². The molecule has 2 aromatic heterocycles. The van der Waals surface area contributed by atoms with E-state index in [1.54, 1.807) is 21.9 Å². The zero-order chi connectivity index (χ0) is 18.3. The Morgan fingerprint density at radius 1 is 0.926 bits per heavy atom. The van der Waals surface area contributed by atoms with E-state index in [0.29, 0.717) is 12.4 Å². The molecule has 0 atom stereocenters. The standard InChI is InChI=1S/C20H17N7/c1-3-8-17(9-4-1)14-26-15-19(23-25-26)12-7-13-22-27-16-21-24-20(27)18-10-5-2-6-11-18/h1-13,15-16H,14H2/b12-7+,22-13-. The molecule has 0 aliphatic rings. The summed E-state index contributed by atoms with van der Waals surface area (Å²) in [5, 5.41) is 20.7. The number of hydrogen-bond donors (Lipinski definition) is 0. The molecule has 0 spiro atoms. The third-order valence-corrected chi connectivity index (χ3v) is 3.85. The second-order valence-corrected chi connectivity index (χ2v) is 5.82. The van der Waals surface area contributed by atoms with Gasteiger partial charge in [0.15, 0.2) is 5.82 Å². The van der Waals surface area contributed by atoms with Gasteiger partial charge >= 0.3 is 0 Å². The van der Waals surface area contributed by atoms with E-state index in [2.05, 4.69) is 37.7 Å². The van der Waals surface area contributed by atoms with E-state index in [1.807, 2.05) is 66.9 Å². The molecule has 0 saturated carbocycles. The van der Waals surface area contributed by atoms with Gasteiger partial charge in [-0.1, -0.05) is 65.9 Å². The Bertz CT molecular complexity index is 1050. The van der Waals surface area contributed by atoms with E-state index in [1.165, 1.54) is 5.56 Å². The van der Waals surface area contributed by atoms with Crippen LogP contribution in [-0.4, -0.2) is 36.1 Å². The van der Waals surface area contributed by atoms with Crippen molar-refractivity contribution in [3.8, 4) is 11.4 Å². The first kappa shape index (κ1) is 16.6. The summed E-state index contributed by atoms with van der Waals surface area (Å²) in [6, 6.07) is 20.0. The van der Waals surface area contributed by atoms with Crippen LogP contribution in [0.25, 0.3) is 17.5 Å². The molecule has 4 rings (SSSR count). The summed E-state index contributed by atoms with van der Waals surface area (Å²) in [7, 11) is 0. The average Bonchev–Trinajstić information content (AvgIpc) is 3.36. The molecular formula is C20H17N7. The molecule has 0 aliphatic heterocycles. The molecule has 4 aromatic rings. The van der Waals surface area contributed by atoms with Crippen molar-refractivity contribution >= 4 is 12.3 Å². The first-order valence-corrected chi connectivity index (χ1v) is 8.49. The Morgan fingerprint density at radius 2 is 1.70 bits per heavy atom. The zero-order valence-corrected chi connectivity index (χ0v) is 14.5. The summed E-state index contributed by atoms with van der Waals surface area (Å²) in [5.74, 6) is 0.689. The molecule has 0 bridgehead atoms. The summed E-state index contributed by atoms with van der Waals surface area (Å²) in [4.78, 5) is 0. The maximum atomic E-state index is 4.36. The van der Waals surface area contributed by atoms with E-state index in [9.17, 15) is 0 Å². The van der Waals surface area contributed by atoms with Crippen molar-refractivity contribution in [3.05, 3.63) is 90.5 Å². The van der Waals surface area contributed by atoms with E-state index < -0.39 is 0 Å². The van der Waals surface area contributed by atoms with Crippen LogP contribution in [0.3, 0.4) is 0 Å². The van der Waals surface area contributed by atoms with Gasteiger partial charge in [-0.3, -0.25) is 0 Å². The Balaban J connectivity index is 1.41. The van der Waals surface area contributed by atoms with Crippen LogP contribution >= 0.6 is 0 Å². The van der Waals surface area contributed by atoms with Crippen molar-refractivity contribution in [1.29, 1.82) is 0 Å². The third kappa shape index (κ3) is 4.21. The molecule has 0 aliphatic carbocycles. The second kappa shape index (κ2) is 8.01. The number of benzene rings is 2. The lowest BCUT2D eigenvalue weighted by Gasteiger charge is -1.99. The number of aromatic nitrogens is 6. The number of hydrogen-bond acceptors (Lipinski definition) is 5. The normalized spacial score (nSPS) is 11.6. The molecule has 0 N–H and O–H groups in total. The van der Waals surface area contributed by atoms with Crippen LogP contribution < -0.4 is 0 Å². The summed E-state index contributed by atoms with van der Waals surface area (Å²) in [6.07, 6.45) is 8.80. The van der Waals surface area contributed by atoms with E-state index in [0.717, 1.165) is 11.3 Å². The predicted octanol–water partition coefficient (Wildman–Crippen LogP) is 3.13. The van der Waals surface area contributed by atoms with Crippen molar-refractivity contribution in [2.75, 3.05) is 0 Å². The fourth-order valence-electron chi connectivity index (χ4n) is 2.58. The van der Waals surface area contributed by atoms with Crippen molar-refractivity contribution in [2.24, 2.45) is 5.10 Å². The maximum absolute atomic E-state index is 4.36. The van der Waals surface area contributed by atoms with Crippen LogP contribution in [0.15, 0.2) is 84.4 Å². The lowest BCUT2D eigenvalue weighted by molar-refractivity contribution is 0.649. The summed E-state index contributed by atoms with van der Waals surface area (Å²) < 4.78 is 3.44. The highest BCUT2D eigenvalue weighted by Crippen LogP contribution is 2.15. The first-order chi connectivity index (χ1) is 13.4. The van der Waals surface area contributed by atoms with Crippen molar-refractivity contribution in [1.82, 2.24) is 29.9 Å². The topological polar surface area (TPSA) is 73.8 Å². The van der Waals surface area contributed by atoms with E-state index in [-0.39, 0.29) is 0 Å². The third-order valence-electron chi connectivity index (χ3n) is 3.85. The molecule has 7 nitrogen and oxygen atoms in total. The highest BCUT2D eigenvalue weighted by atomic mass is 15.4. The largest absolute Gasteiger partial charge is 0.248 e. The van der Waals surface area contributed by atoms with Crippen LogP contribution in [0.1, 0.15) is 11.3 Å². The van der Waals surface area contributed by atoms with E-state index >= 15 is 0 Å². The van der Waals surface area contributed by atoms with Gasteiger partial charge in [0.25, 0.3) is 0 Å². The summed E-state index contributed by atoms with van der Waals surface area (Å²) in [6.45, 7) is 0.691. The molecule has 2 heterocycles. The molecule has 7 heteroatoms. The van der Waals surface area contributed by atoms with Crippen molar-refractivity contribution in [2.45, 2.75) is 6.54 Å². The van der Waals surface area contributed by atoms with Crippen LogP contribution in [0.2, 0.25) is 0 Å². The van der Waals surface area contributed by atoms with Gasteiger partial charge in [-0.15, -0.1) is 15.3 Å². The quantitative estimate of drug-likeness (QED) is 0.498. The molecule has 0 radical (unpaired) electrons. The van der Waals surface area contributed by atoms with Gasteiger partial charge in [0.1, 0.15) is 12.0 Å². The SMILES string of the molecule is C(/C=C/c1cn(Cc2ccccc2)nn1)=N/n1cnnc1-c1ccccc1. The van der Waals surface area contributed by atoms with Crippen LogP contribution in [0, 0.1) is 0 Å². The summed E-state index contributed by atoms with van der Waals surface area (Å²) in [5.41, 5.74) is 2.91. The highest BCUT2D eigenvalue weighted by Gasteiger charge is 2.04. The van der Waals surface area contributed by atoms with Crippen LogP contribution in [0.4, 0.5) is 0 Å². The summed E-state index contributed by atoms with van der Waals surface area (Å²) >= 11 is 0. The first-order valence-electron chi connectivity index (χ1n) is 8.49. The van der Waals surface area contributed by atoms with Gasteiger partial charge in [-0.25, -0.2) is 4.68 Å². The van der Waals surface area contributed by atoms with Crippen molar-refractivity contribution < 1.29 is 0 Å². The minimum Gasteiger partial charge on any atom is -0.248 e. The smallest absolute Gasteiger partial charge is 0.184 e. The molecule has 0 saturated heterocycles. The monoisotopic (exact) mass is 355 g/mol. The van der Waals surface area contributed by atoms with Gasteiger partial charge in [0.05, 0.1) is 12.7 Å². The van der Waals surface area contributed by atoms with Gasteiger partial charge in [-0.05, 0) is 17.7 Å². The Kier molecular flexibility index (Phi) is 4.92. The average molecular weight is 355 g/mol. The van der Waals surface area contributed by atoms with Crippen LogP contribution in [0.5, 0.6) is 0 Å². The molecule has 0 amide bonds. The second-order valence-electron chi connectivity index (χ2n) is 5.82. The fourth-order valence-corrected chi connectivity index (χ4v) is 2.58. The Morgan fingerprint density at radius 3 is 2.52 bits per heavy atom. The number of allylic oxidation sites excluding steroid dienone is 1. The van der Waals surface area contributed by atoms with Gasteiger partial charge < -0.3 is 0 Å². The van der Waals surface area contributed by atoms with Gasteiger partial charge in [0.2, 0.25) is 0 Å². The predicted molar refractivity (Wildman–Crippen MR) is 104 cm³/mol. The van der Waals surface area contributed by atoms with Crippen LogP contribution in [-0.2, 0) is 6.54 Å². The minimum absolute atomic E-state index is 0.689. The Hall–Kier alpha value is -3.87. The number of nitrogens with zero attached hydrogens (tertiary/aromatic N) is 7. The number of rotatable bonds is 6. The van der Waals surface area contributed by atoms with Gasteiger partial charge in [0, 0.05) is 11.8 Å². The fraction of sp³-hybridized carbons (Fsp3) is 0.0500.